The largest absolute Gasteiger partial charge is 0.279 e. The van der Waals surface area contributed by atoms with Crippen molar-refractivity contribution in [3.8, 4) is 6.19 Å². The Morgan fingerprint density at radius 2 is 2.12 bits per heavy atom. The monoisotopic (exact) mass is 214 g/mol. The highest BCUT2D eigenvalue weighted by molar-refractivity contribution is 5.60. The van der Waals surface area contributed by atoms with Gasteiger partial charge in [0.05, 0.1) is 5.69 Å². The number of nitrogens with zero attached hydrogens (tertiary/aromatic N) is 2. The first-order chi connectivity index (χ1) is 7.86. The van der Waals surface area contributed by atoms with Crippen LogP contribution in [0.5, 0.6) is 0 Å². The summed E-state index contributed by atoms with van der Waals surface area (Å²) < 4.78 is 0. The Balaban J connectivity index is 2.36. The Morgan fingerprint density at radius 1 is 1.31 bits per heavy atom. The number of benzene rings is 1. The summed E-state index contributed by atoms with van der Waals surface area (Å²) in [6.45, 7) is 2.94. The minimum atomic E-state index is 0.826. The van der Waals surface area contributed by atoms with Crippen LogP contribution in [-0.4, -0.2) is 6.54 Å². The maximum Gasteiger partial charge on any atom is 0.184 e. The van der Waals surface area contributed by atoms with E-state index in [-0.39, 0.29) is 0 Å². The van der Waals surface area contributed by atoms with Crippen molar-refractivity contribution in [3.05, 3.63) is 29.3 Å². The van der Waals surface area contributed by atoms with Gasteiger partial charge in [-0.05, 0) is 49.3 Å². The Hall–Kier alpha value is -1.49. The van der Waals surface area contributed by atoms with Crippen molar-refractivity contribution >= 4 is 5.69 Å². The molecule has 0 radical (unpaired) electrons. The molecular weight excluding hydrogens is 196 g/mol. The molecule has 0 fully saturated rings. The molecule has 0 bridgehead atoms. The second kappa shape index (κ2) is 5.03. The van der Waals surface area contributed by atoms with Crippen LogP contribution in [-0.2, 0) is 12.8 Å². The molecule has 0 aromatic heterocycles. The molecule has 84 valence electrons. The molecule has 0 saturated heterocycles. The van der Waals surface area contributed by atoms with Gasteiger partial charge in [-0.15, -0.1) is 0 Å². The number of anilines is 1. The zero-order valence-corrected chi connectivity index (χ0v) is 9.87. The van der Waals surface area contributed by atoms with Gasteiger partial charge in [0.1, 0.15) is 0 Å². The SMILES string of the molecule is CCCN(C#N)c1cccc2c1CCCC2. The van der Waals surface area contributed by atoms with Crippen LogP contribution in [0.3, 0.4) is 0 Å². The summed E-state index contributed by atoms with van der Waals surface area (Å²) in [4.78, 5) is 1.84. The highest BCUT2D eigenvalue weighted by Crippen LogP contribution is 2.30. The Kier molecular flexibility index (Phi) is 3.46. The summed E-state index contributed by atoms with van der Waals surface area (Å²) in [5.74, 6) is 0. The quantitative estimate of drug-likeness (QED) is 0.570. The van der Waals surface area contributed by atoms with Gasteiger partial charge in [-0.25, -0.2) is 0 Å². The summed E-state index contributed by atoms with van der Waals surface area (Å²) in [7, 11) is 0. The molecule has 2 heteroatoms. The van der Waals surface area contributed by atoms with Gasteiger partial charge in [0.15, 0.2) is 6.19 Å². The zero-order valence-electron chi connectivity index (χ0n) is 9.87. The van der Waals surface area contributed by atoms with Crippen molar-refractivity contribution < 1.29 is 0 Å². The van der Waals surface area contributed by atoms with Crippen molar-refractivity contribution in [2.75, 3.05) is 11.4 Å². The molecular formula is C14H18N2. The molecule has 1 aromatic carbocycles. The Morgan fingerprint density at radius 3 is 2.88 bits per heavy atom. The van der Waals surface area contributed by atoms with Gasteiger partial charge in [-0.1, -0.05) is 19.1 Å². The molecule has 0 amide bonds. The van der Waals surface area contributed by atoms with Gasteiger partial charge in [-0.3, -0.25) is 4.90 Å². The molecule has 1 aliphatic carbocycles. The van der Waals surface area contributed by atoms with Crippen molar-refractivity contribution in [2.45, 2.75) is 39.0 Å². The molecule has 0 saturated carbocycles. The number of hydrogen-bond donors (Lipinski definition) is 0. The number of rotatable bonds is 3. The predicted molar refractivity (Wildman–Crippen MR) is 66.3 cm³/mol. The lowest BCUT2D eigenvalue weighted by Crippen LogP contribution is -2.20. The van der Waals surface area contributed by atoms with Crippen LogP contribution in [0.25, 0.3) is 0 Å². The lowest BCUT2D eigenvalue weighted by molar-refractivity contribution is 0.683. The number of nitriles is 1. The summed E-state index contributed by atoms with van der Waals surface area (Å²) in [5.41, 5.74) is 3.99. The van der Waals surface area contributed by atoms with E-state index in [1.807, 2.05) is 4.90 Å². The lowest BCUT2D eigenvalue weighted by atomic mass is 9.90. The molecule has 2 nitrogen and oxygen atoms in total. The Bertz CT molecular complexity index is 404. The highest BCUT2D eigenvalue weighted by atomic mass is 15.1. The third-order valence-corrected chi connectivity index (χ3v) is 3.23. The minimum absolute atomic E-state index is 0.826. The molecule has 1 aliphatic rings. The molecule has 2 rings (SSSR count). The average molecular weight is 214 g/mol. The van der Waals surface area contributed by atoms with E-state index in [9.17, 15) is 5.26 Å². The third kappa shape index (κ3) is 2.04. The fourth-order valence-corrected chi connectivity index (χ4v) is 2.46. The first-order valence-electron chi connectivity index (χ1n) is 6.15. The van der Waals surface area contributed by atoms with Gasteiger partial charge in [0.2, 0.25) is 0 Å². The molecule has 1 aromatic rings. The lowest BCUT2D eigenvalue weighted by Gasteiger charge is -2.23. The van der Waals surface area contributed by atoms with E-state index in [2.05, 4.69) is 31.3 Å². The van der Waals surface area contributed by atoms with E-state index >= 15 is 0 Å². The average Bonchev–Trinajstić information content (AvgIpc) is 2.35. The molecule has 16 heavy (non-hydrogen) atoms. The Labute approximate surface area is 97.5 Å². The van der Waals surface area contributed by atoms with Crippen molar-refractivity contribution in [1.29, 1.82) is 5.26 Å². The smallest absolute Gasteiger partial charge is 0.184 e. The van der Waals surface area contributed by atoms with Gasteiger partial charge in [0, 0.05) is 6.54 Å². The summed E-state index contributed by atoms with van der Waals surface area (Å²) in [6, 6.07) is 6.38. The minimum Gasteiger partial charge on any atom is -0.279 e. The van der Waals surface area contributed by atoms with Crippen LogP contribution in [0.1, 0.15) is 37.3 Å². The molecule has 0 atom stereocenters. The van der Waals surface area contributed by atoms with Gasteiger partial charge >= 0.3 is 0 Å². The zero-order chi connectivity index (χ0) is 11.4. The second-order valence-electron chi connectivity index (χ2n) is 4.37. The van der Waals surface area contributed by atoms with E-state index in [0.29, 0.717) is 0 Å². The molecule has 0 heterocycles. The van der Waals surface area contributed by atoms with Crippen LogP contribution >= 0.6 is 0 Å². The van der Waals surface area contributed by atoms with Crippen molar-refractivity contribution in [1.82, 2.24) is 0 Å². The summed E-state index contributed by atoms with van der Waals surface area (Å²) in [5, 5.41) is 9.19. The number of fused-ring (bicyclic) bond motifs is 1. The van der Waals surface area contributed by atoms with Crippen molar-refractivity contribution in [2.24, 2.45) is 0 Å². The van der Waals surface area contributed by atoms with Crippen LogP contribution in [0, 0.1) is 11.5 Å². The van der Waals surface area contributed by atoms with Crippen molar-refractivity contribution in [3.63, 3.8) is 0 Å². The van der Waals surface area contributed by atoms with Crippen LogP contribution in [0.15, 0.2) is 18.2 Å². The fourth-order valence-electron chi connectivity index (χ4n) is 2.46. The molecule has 0 aliphatic heterocycles. The topological polar surface area (TPSA) is 27.0 Å². The molecule has 0 N–H and O–H groups in total. The molecule has 0 unspecified atom stereocenters. The summed E-state index contributed by atoms with van der Waals surface area (Å²) in [6.07, 6.45) is 8.17. The number of aryl methyl sites for hydroxylation is 1. The van der Waals surface area contributed by atoms with E-state index in [1.165, 1.54) is 30.4 Å². The predicted octanol–water partition coefficient (Wildman–Crippen LogP) is 3.26. The summed E-state index contributed by atoms with van der Waals surface area (Å²) >= 11 is 0. The van der Waals surface area contributed by atoms with Gasteiger partial charge < -0.3 is 0 Å². The highest BCUT2D eigenvalue weighted by Gasteiger charge is 2.16. The van der Waals surface area contributed by atoms with E-state index in [1.54, 1.807) is 0 Å². The van der Waals surface area contributed by atoms with E-state index in [4.69, 9.17) is 0 Å². The van der Waals surface area contributed by atoms with Crippen LogP contribution in [0.2, 0.25) is 0 Å². The van der Waals surface area contributed by atoms with E-state index < -0.39 is 0 Å². The first kappa shape index (κ1) is 11.0. The fraction of sp³-hybridized carbons (Fsp3) is 0.500. The first-order valence-corrected chi connectivity index (χ1v) is 6.15. The van der Waals surface area contributed by atoms with Gasteiger partial charge in [-0.2, -0.15) is 5.26 Å². The third-order valence-electron chi connectivity index (χ3n) is 3.23. The van der Waals surface area contributed by atoms with E-state index in [0.717, 1.165) is 25.1 Å². The van der Waals surface area contributed by atoms with Crippen LogP contribution < -0.4 is 4.90 Å². The van der Waals surface area contributed by atoms with Crippen LogP contribution in [0.4, 0.5) is 5.69 Å². The standard InChI is InChI=1S/C14H18N2/c1-2-10-16(11-15)14-9-5-7-12-6-3-4-8-13(12)14/h5,7,9H,2-4,6,8,10H2,1H3. The van der Waals surface area contributed by atoms with Gasteiger partial charge in [0.25, 0.3) is 0 Å². The maximum absolute atomic E-state index is 9.19. The number of hydrogen-bond acceptors (Lipinski definition) is 2. The normalized spacial score (nSPS) is 14.0. The second-order valence-corrected chi connectivity index (χ2v) is 4.37. The molecule has 0 spiro atoms. The maximum atomic E-state index is 9.19.